The van der Waals surface area contributed by atoms with Gasteiger partial charge in [-0.1, -0.05) is 13.8 Å². The number of aryl methyl sites for hydroxylation is 1. The van der Waals surface area contributed by atoms with Gasteiger partial charge < -0.3 is 4.90 Å². The van der Waals surface area contributed by atoms with Gasteiger partial charge in [0, 0.05) is 17.5 Å². The van der Waals surface area contributed by atoms with Crippen molar-refractivity contribution in [1.29, 1.82) is 0 Å². The number of carbonyl (C=O) groups excluding carboxylic acids is 1. The fourth-order valence-corrected chi connectivity index (χ4v) is 6.09. The van der Waals surface area contributed by atoms with Crippen molar-refractivity contribution in [3.63, 3.8) is 0 Å². The molecule has 2 aliphatic rings. The molecule has 1 aliphatic carbocycles. The zero-order chi connectivity index (χ0) is 18.5. The zero-order valence-corrected chi connectivity index (χ0v) is 16.8. The molecule has 1 saturated heterocycles. The van der Waals surface area contributed by atoms with Crippen LogP contribution >= 0.6 is 11.3 Å². The fraction of sp³-hybridized carbons (Fsp3) is 0.600. The third-order valence-corrected chi connectivity index (χ3v) is 7.40. The van der Waals surface area contributed by atoms with Gasteiger partial charge in [0.05, 0.1) is 5.39 Å². The van der Waals surface area contributed by atoms with E-state index in [0.717, 1.165) is 48.1 Å². The predicted octanol–water partition coefficient (Wildman–Crippen LogP) is 4.18. The van der Waals surface area contributed by atoms with E-state index in [4.69, 9.17) is 4.98 Å². The van der Waals surface area contributed by atoms with E-state index in [1.54, 1.807) is 22.2 Å². The van der Waals surface area contributed by atoms with Gasteiger partial charge in [-0.3, -0.25) is 4.79 Å². The summed E-state index contributed by atoms with van der Waals surface area (Å²) in [5, 5.41) is 5.63. The first-order chi connectivity index (χ1) is 13.2. The van der Waals surface area contributed by atoms with Gasteiger partial charge in [0.2, 0.25) is 5.82 Å². The summed E-state index contributed by atoms with van der Waals surface area (Å²) in [5.74, 6) is 0.793. The molecular formula is C20H25N5OS. The second-order valence-electron chi connectivity index (χ2n) is 7.92. The summed E-state index contributed by atoms with van der Waals surface area (Å²) in [4.78, 5) is 26.9. The van der Waals surface area contributed by atoms with Crippen LogP contribution in [-0.4, -0.2) is 43.0 Å². The Morgan fingerprint density at radius 2 is 2.19 bits per heavy atom. The lowest BCUT2D eigenvalue weighted by Gasteiger charge is -2.34. The van der Waals surface area contributed by atoms with Crippen molar-refractivity contribution in [3.05, 3.63) is 22.6 Å². The molecule has 1 aliphatic heterocycles. The van der Waals surface area contributed by atoms with Crippen LogP contribution in [0.15, 0.2) is 6.33 Å². The van der Waals surface area contributed by atoms with Crippen LogP contribution in [0, 0.1) is 0 Å². The molecule has 0 unspecified atom stereocenters. The Kier molecular flexibility index (Phi) is 4.15. The number of aromatic nitrogens is 4. The molecule has 0 N–H and O–H groups in total. The number of nitrogens with zero attached hydrogens (tertiary/aromatic N) is 5. The first-order valence-corrected chi connectivity index (χ1v) is 11.0. The number of piperidine rings is 1. The highest BCUT2D eigenvalue weighted by molar-refractivity contribution is 7.19. The Hall–Kier alpha value is -2.02. The van der Waals surface area contributed by atoms with Gasteiger partial charge in [-0.25, -0.2) is 14.5 Å². The topological polar surface area (TPSA) is 63.4 Å². The Balaban J connectivity index is 1.62. The summed E-state index contributed by atoms with van der Waals surface area (Å²) in [6.45, 7) is 5.25. The molecule has 3 aromatic rings. The third-order valence-electron chi connectivity index (χ3n) is 6.23. The fourth-order valence-electron chi connectivity index (χ4n) is 4.80. The molecule has 142 valence electrons. The van der Waals surface area contributed by atoms with Gasteiger partial charge in [-0.15, -0.1) is 16.4 Å². The minimum atomic E-state index is -0.0319. The lowest BCUT2D eigenvalue weighted by Crippen LogP contribution is -2.43. The van der Waals surface area contributed by atoms with Crippen LogP contribution in [0.4, 0.5) is 0 Å². The van der Waals surface area contributed by atoms with E-state index < -0.39 is 0 Å². The van der Waals surface area contributed by atoms with Crippen LogP contribution < -0.4 is 0 Å². The Bertz CT molecular complexity index is 1020. The first kappa shape index (κ1) is 17.1. The highest BCUT2D eigenvalue weighted by Gasteiger charge is 2.30. The number of hydrogen-bond donors (Lipinski definition) is 0. The third kappa shape index (κ3) is 2.66. The normalized spacial score (nSPS) is 23.1. The van der Waals surface area contributed by atoms with Crippen LogP contribution in [0.1, 0.15) is 79.3 Å². The monoisotopic (exact) mass is 383 g/mol. The van der Waals surface area contributed by atoms with Crippen molar-refractivity contribution in [2.45, 2.75) is 70.8 Å². The lowest BCUT2D eigenvalue weighted by atomic mass is 9.87. The quantitative estimate of drug-likeness (QED) is 0.666. The SMILES string of the molecule is CC[C@@H]1CCCCN1C(=O)c1nc2c3c4c(sc3ncn2n1)CCC[C@H]4C. The highest BCUT2D eigenvalue weighted by Crippen LogP contribution is 2.42. The minimum Gasteiger partial charge on any atom is -0.333 e. The van der Waals surface area contributed by atoms with Crippen LogP contribution in [0.2, 0.25) is 0 Å². The lowest BCUT2D eigenvalue weighted by molar-refractivity contribution is 0.0595. The maximum Gasteiger partial charge on any atom is 0.293 e. The number of carbonyl (C=O) groups is 1. The van der Waals surface area contributed by atoms with E-state index in [-0.39, 0.29) is 5.91 Å². The van der Waals surface area contributed by atoms with Gasteiger partial charge in [-0.05, 0) is 56.4 Å². The van der Waals surface area contributed by atoms with E-state index in [1.165, 1.54) is 29.7 Å². The van der Waals surface area contributed by atoms with Crippen molar-refractivity contribution in [3.8, 4) is 0 Å². The number of hydrogen-bond acceptors (Lipinski definition) is 5. The summed E-state index contributed by atoms with van der Waals surface area (Å²) in [7, 11) is 0. The summed E-state index contributed by atoms with van der Waals surface area (Å²) >= 11 is 1.78. The summed E-state index contributed by atoms with van der Waals surface area (Å²) in [6.07, 6.45) is 9.60. The van der Waals surface area contributed by atoms with E-state index in [1.807, 2.05) is 4.90 Å². The van der Waals surface area contributed by atoms with Crippen LogP contribution in [0.3, 0.4) is 0 Å². The maximum atomic E-state index is 13.1. The number of fused-ring (bicyclic) bond motifs is 5. The predicted molar refractivity (Wildman–Crippen MR) is 106 cm³/mol. The molecule has 0 saturated carbocycles. The van der Waals surface area contributed by atoms with E-state index in [2.05, 4.69) is 23.9 Å². The molecule has 3 aromatic heterocycles. The van der Waals surface area contributed by atoms with Crippen LogP contribution in [0.5, 0.6) is 0 Å². The van der Waals surface area contributed by atoms with Crippen molar-refractivity contribution < 1.29 is 4.79 Å². The molecule has 4 heterocycles. The smallest absolute Gasteiger partial charge is 0.293 e. The molecule has 0 radical (unpaired) electrons. The van der Waals surface area contributed by atoms with Crippen LogP contribution in [-0.2, 0) is 6.42 Å². The van der Waals surface area contributed by atoms with E-state index >= 15 is 0 Å². The largest absolute Gasteiger partial charge is 0.333 e. The van der Waals surface area contributed by atoms with Crippen molar-refractivity contribution >= 4 is 33.1 Å². The van der Waals surface area contributed by atoms with Crippen molar-refractivity contribution in [2.75, 3.05) is 6.54 Å². The number of thiophene rings is 1. The van der Waals surface area contributed by atoms with Gasteiger partial charge in [0.25, 0.3) is 5.91 Å². The number of likely N-dealkylation sites (tertiary alicyclic amines) is 1. The van der Waals surface area contributed by atoms with Crippen molar-refractivity contribution in [1.82, 2.24) is 24.5 Å². The zero-order valence-electron chi connectivity index (χ0n) is 15.9. The number of amides is 1. The summed E-state index contributed by atoms with van der Waals surface area (Å²) < 4.78 is 1.70. The molecule has 7 heteroatoms. The molecular weight excluding hydrogens is 358 g/mol. The standard InChI is InChI=1S/C20H25N5OS/c1-3-13-8-4-5-10-24(13)20(26)17-22-18-16-15-12(2)7-6-9-14(15)27-19(16)21-11-25(18)23-17/h11-13H,3-10H2,1-2H3/t12-,13-/m1/s1. The molecule has 2 atom stereocenters. The molecule has 1 amide bonds. The Morgan fingerprint density at radius 1 is 1.30 bits per heavy atom. The van der Waals surface area contributed by atoms with Gasteiger partial charge >= 0.3 is 0 Å². The highest BCUT2D eigenvalue weighted by atomic mass is 32.1. The van der Waals surface area contributed by atoms with Gasteiger partial charge in [0.1, 0.15) is 11.2 Å². The van der Waals surface area contributed by atoms with Gasteiger partial charge in [-0.2, -0.15) is 0 Å². The summed E-state index contributed by atoms with van der Waals surface area (Å²) in [6, 6.07) is 0.310. The van der Waals surface area contributed by atoms with Gasteiger partial charge in [0.15, 0.2) is 5.65 Å². The molecule has 0 bridgehead atoms. The molecule has 1 fully saturated rings. The average molecular weight is 384 g/mol. The second kappa shape index (κ2) is 6.55. The maximum absolute atomic E-state index is 13.1. The Morgan fingerprint density at radius 3 is 3.04 bits per heavy atom. The van der Waals surface area contributed by atoms with E-state index in [0.29, 0.717) is 17.8 Å². The molecule has 0 aromatic carbocycles. The second-order valence-corrected chi connectivity index (χ2v) is 9.00. The molecule has 27 heavy (non-hydrogen) atoms. The Labute approximate surface area is 162 Å². The number of rotatable bonds is 2. The average Bonchev–Trinajstić information content (AvgIpc) is 3.28. The molecule has 6 nitrogen and oxygen atoms in total. The molecule has 0 spiro atoms. The van der Waals surface area contributed by atoms with Crippen LogP contribution in [0.25, 0.3) is 15.9 Å². The minimum absolute atomic E-state index is 0.0319. The van der Waals surface area contributed by atoms with E-state index in [9.17, 15) is 4.79 Å². The van der Waals surface area contributed by atoms with Crippen molar-refractivity contribution in [2.24, 2.45) is 0 Å². The molecule has 5 rings (SSSR count). The summed E-state index contributed by atoms with van der Waals surface area (Å²) in [5.41, 5.74) is 2.18. The first-order valence-electron chi connectivity index (χ1n) is 10.1.